The second kappa shape index (κ2) is 18.9. The van der Waals surface area contributed by atoms with Crippen molar-refractivity contribution in [3.05, 3.63) is 108 Å². The van der Waals surface area contributed by atoms with Gasteiger partial charge in [-0.3, -0.25) is 14.4 Å². The first kappa shape index (κ1) is 38.0. The van der Waals surface area contributed by atoms with E-state index in [0.29, 0.717) is 0 Å². The molecule has 2 saturated heterocycles. The zero-order chi connectivity index (χ0) is 36.2. The van der Waals surface area contributed by atoms with Crippen LogP contribution in [-0.2, 0) is 76.8 Å². The molecule has 0 aromatic heterocycles. The van der Waals surface area contributed by atoms with Gasteiger partial charge in [0.25, 0.3) is 0 Å². The zero-order valence-electron chi connectivity index (χ0n) is 28.7. The quantitative estimate of drug-likeness (QED) is 0.170. The summed E-state index contributed by atoms with van der Waals surface area (Å²) in [6, 6.07) is 28.4. The molecule has 13 heteroatoms. The Morgan fingerprint density at radius 2 is 1.06 bits per heavy atom. The lowest BCUT2D eigenvalue weighted by Gasteiger charge is -2.45. The molecule has 0 amide bonds. The molecular formula is C38H44O13. The molecule has 0 bridgehead atoms. The fourth-order valence-electron chi connectivity index (χ4n) is 5.90. The van der Waals surface area contributed by atoms with Gasteiger partial charge in [-0.15, -0.1) is 0 Å². The Kier molecular flexibility index (Phi) is 14.1. The Hall–Kier alpha value is -4.21. The largest absolute Gasteiger partial charge is 0.463 e. The van der Waals surface area contributed by atoms with Crippen molar-refractivity contribution < 1.29 is 62.1 Å². The first-order chi connectivity index (χ1) is 24.7. The van der Waals surface area contributed by atoms with E-state index in [1.807, 2.05) is 91.0 Å². The highest BCUT2D eigenvalue weighted by atomic mass is 16.8. The number of benzene rings is 3. The van der Waals surface area contributed by atoms with Gasteiger partial charge in [-0.1, -0.05) is 91.0 Å². The van der Waals surface area contributed by atoms with Gasteiger partial charge in [0.2, 0.25) is 0 Å². The van der Waals surface area contributed by atoms with Crippen LogP contribution in [0, 0.1) is 0 Å². The van der Waals surface area contributed by atoms with Gasteiger partial charge in [0.1, 0.15) is 37.1 Å². The Bertz CT molecular complexity index is 1520. The van der Waals surface area contributed by atoms with Crippen LogP contribution in [0.2, 0.25) is 0 Å². The maximum absolute atomic E-state index is 12.3. The fraction of sp³-hybridized carbons (Fsp3) is 0.447. The Morgan fingerprint density at radius 3 is 1.59 bits per heavy atom. The average Bonchev–Trinajstić information content (AvgIpc) is 3.42. The van der Waals surface area contributed by atoms with Crippen molar-refractivity contribution in [2.24, 2.45) is 0 Å². The fourth-order valence-corrected chi connectivity index (χ4v) is 5.90. The summed E-state index contributed by atoms with van der Waals surface area (Å²) in [5.41, 5.74) is 2.62. The van der Waals surface area contributed by atoms with E-state index in [0.717, 1.165) is 16.7 Å². The summed E-state index contributed by atoms with van der Waals surface area (Å²) in [6.45, 7) is 3.72. The van der Waals surface area contributed by atoms with E-state index in [1.54, 1.807) is 0 Å². The van der Waals surface area contributed by atoms with Crippen LogP contribution in [0.1, 0.15) is 37.5 Å². The van der Waals surface area contributed by atoms with Crippen molar-refractivity contribution in [3.63, 3.8) is 0 Å². The van der Waals surface area contributed by atoms with Gasteiger partial charge in [-0.05, 0) is 16.7 Å². The number of carbonyl (C=O) groups is 3. The van der Waals surface area contributed by atoms with E-state index >= 15 is 0 Å². The average molecular weight is 709 g/mol. The van der Waals surface area contributed by atoms with Crippen LogP contribution in [0.15, 0.2) is 91.0 Å². The molecule has 0 spiro atoms. The van der Waals surface area contributed by atoms with Gasteiger partial charge in [-0.2, -0.15) is 0 Å². The van der Waals surface area contributed by atoms with Crippen molar-refractivity contribution in [2.45, 2.75) is 95.9 Å². The summed E-state index contributed by atoms with van der Waals surface area (Å²) in [6.07, 6.45) is -10.4. The molecule has 2 aliphatic rings. The van der Waals surface area contributed by atoms with Crippen molar-refractivity contribution in [3.8, 4) is 0 Å². The number of hydrogen-bond acceptors (Lipinski definition) is 13. The van der Waals surface area contributed by atoms with E-state index in [4.69, 9.17) is 42.6 Å². The molecule has 5 rings (SSSR count). The molecule has 2 fully saturated rings. The smallest absolute Gasteiger partial charge is 0.303 e. The minimum absolute atomic E-state index is 0.0531. The second-order valence-corrected chi connectivity index (χ2v) is 12.2. The van der Waals surface area contributed by atoms with Crippen LogP contribution in [0.3, 0.4) is 0 Å². The standard InChI is InChI=1S/C38H44O13/c1-24(39)44-23-31-33(47-25(2)40)36(48-26(3)41)38(50-31)51-32-30(22-43-19-27-13-7-4-8-14-27)49-37(42)35(46-21-29-17-11-6-12-18-29)34(32)45-20-28-15-9-5-10-16-28/h4-18,30-38,42H,19-23H2,1-3H3. The summed E-state index contributed by atoms with van der Waals surface area (Å²) < 4.78 is 54.1. The third kappa shape index (κ3) is 11.1. The van der Waals surface area contributed by atoms with E-state index in [9.17, 15) is 19.5 Å². The lowest BCUT2D eigenvalue weighted by Crippen LogP contribution is -2.62. The van der Waals surface area contributed by atoms with E-state index < -0.39 is 73.2 Å². The molecule has 0 radical (unpaired) electrons. The number of aliphatic hydroxyl groups is 1. The molecule has 0 saturated carbocycles. The Labute approximate surface area is 296 Å². The van der Waals surface area contributed by atoms with Gasteiger partial charge in [0.15, 0.2) is 24.8 Å². The van der Waals surface area contributed by atoms with Crippen LogP contribution in [0.25, 0.3) is 0 Å². The van der Waals surface area contributed by atoms with Crippen LogP contribution >= 0.6 is 0 Å². The van der Waals surface area contributed by atoms with Crippen molar-refractivity contribution in [1.82, 2.24) is 0 Å². The lowest BCUT2D eigenvalue weighted by molar-refractivity contribution is -0.337. The number of esters is 3. The van der Waals surface area contributed by atoms with Gasteiger partial charge in [-0.25, -0.2) is 0 Å². The van der Waals surface area contributed by atoms with Gasteiger partial charge < -0.3 is 47.7 Å². The minimum atomic E-state index is -1.46. The van der Waals surface area contributed by atoms with E-state index in [-0.39, 0.29) is 33.0 Å². The van der Waals surface area contributed by atoms with Crippen LogP contribution in [0.4, 0.5) is 0 Å². The van der Waals surface area contributed by atoms with E-state index in [1.165, 1.54) is 20.8 Å². The molecule has 9 atom stereocenters. The minimum Gasteiger partial charge on any atom is -0.463 e. The summed E-state index contributed by atoms with van der Waals surface area (Å²) in [7, 11) is 0. The third-order valence-electron chi connectivity index (χ3n) is 8.19. The highest BCUT2D eigenvalue weighted by Crippen LogP contribution is 2.35. The highest BCUT2D eigenvalue weighted by Gasteiger charge is 2.55. The number of hydrogen-bond donors (Lipinski definition) is 1. The molecule has 9 unspecified atom stereocenters. The number of carbonyl (C=O) groups excluding carboxylic acids is 3. The number of ether oxygens (including phenoxy) is 9. The summed E-state index contributed by atoms with van der Waals surface area (Å²) >= 11 is 0. The number of rotatable bonds is 16. The zero-order valence-corrected chi connectivity index (χ0v) is 28.7. The Balaban J connectivity index is 1.47. The molecular weight excluding hydrogens is 664 g/mol. The SMILES string of the molecule is CC(=O)OCC1OC(OC2C(COCc3ccccc3)OC(O)C(OCc3ccccc3)C2OCc2ccccc2)C(OC(C)=O)C1OC(C)=O. The highest BCUT2D eigenvalue weighted by molar-refractivity contribution is 5.68. The topological polar surface area (TPSA) is 155 Å². The van der Waals surface area contributed by atoms with Crippen molar-refractivity contribution in [2.75, 3.05) is 13.2 Å². The third-order valence-corrected chi connectivity index (χ3v) is 8.19. The molecule has 13 nitrogen and oxygen atoms in total. The molecule has 3 aromatic rings. The first-order valence-electron chi connectivity index (χ1n) is 16.7. The molecule has 1 N–H and O–H groups in total. The monoisotopic (exact) mass is 708 g/mol. The maximum atomic E-state index is 12.3. The Morgan fingerprint density at radius 1 is 0.569 bits per heavy atom. The van der Waals surface area contributed by atoms with Crippen LogP contribution in [0.5, 0.6) is 0 Å². The maximum Gasteiger partial charge on any atom is 0.303 e. The van der Waals surface area contributed by atoms with Gasteiger partial charge in [0.05, 0.1) is 26.4 Å². The first-order valence-corrected chi connectivity index (χ1v) is 16.7. The summed E-state index contributed by atoms with van der Waals surface area (Å²) in [4.78, 5) is 36.2. The van der Waals surface area contributed by atoms with Crippen LogP contribution < -0.4 is 0 Å². The van der Waals surface area contributed by atoms with Gasteiger partial charge in [0, 0.05) is 20.8 Å². The molecule has 0 aliphatic carbocycles. The summed E-state index contributed by atoms with van der Waals surface area (Å²) in [5, 5.41) is 11.4. The van der Waals surface area contributed by atoms with Crippen molar-refractivity contribution >= 4 is 17.9 Å². The normalized spacial score (nSPS) is 27.4. The molecule has 2 heterocycles. The van der Waals surface area contributed by atoms with E-state index in [2.05, 4.69) is 0 Å². The predicted molar refractivity (Wildman–Crippen MR) is 178 cm³/mol. The van der Waals surface area contributed by atoms with Gasteiger partial charge >= 0.3 is 17.9 Å². The summed E-state index contributed by atoms with van der Waals surface area (Å²) in [5.74, 6) is -1.96. The molecule has 274 valence electrons. The van der Waals surface area contributed by atoms with Crippen LogP contribution in [-0.4, -0.2) is 91.5 Å². The predicted octanol–water partition coefficient (Wildman–Crippen LogP) is 3.63. The number of aliphatic hydroxyl groups excluding tert-OH is 1. The lowest BCUT2D eigenvalue weighted by atomic mass is 9.97. The molecule has 3 aromatic carbocycles. The molecule has 51 heavy (non-hydrogen) atoms. The van der Waals surface area contributed by atoms with Crippen molar-refractivity contribution in [1.29, 1.82) is 0 Å². The molecule has 2 aliphatic heterocycles. The second-order valence-electron chi connectivity index (χ2n) is 12.2.